The number of nitrogen functional groups attached to an aromatic ring is 1. The highest BCUT2D eigenvalue weighted by atomic mass is 32.1. The van der Waals surface area contributed by atoms with Gasteiger partial charge >= 0.3 is 0 Å². The number of anilines is 2. The van der Waals surface area contributed by atoms with Crippen molar-refractivity contribution in [3.63, 3.8) is 0 Å². The molecule has 14 nitrogen and oxygen atoms in total. The van der Waals surface area contributed by atoms with Gasteiger partial charge in [-0.3, -0.25) is 19.3 Å². The predicted molar refractivity (Wildman–Crippen MR) is 230 cm³/mol. The largest absolute Gasteiger partial charge is 0.507 e. The highest BCUT2D eigenvalue weighted by Gasteiger charge is 2.42. The van der Waals surface area contributed by atoms with Gasteiger partial charge in [-0.2, -0.15) is 0 Å². The van der Waals surface area contributed by atoms with Crippen molar-refractivity contribution >= 4 is 40.7 Å². The maximum atomic E-state index is 14.2. The fourth-order valence-electron chi connectivity index (χ4n) is 7.74. The number of nitrogens with one attached hydrogen (secondary N) is 2. The van der Waals surface area contributed by atoms with Gasteiger partial charge in [-0.1, -0.05) is 57.2 Å². The van der Waals surface area contributed by atoms with Gasteiger partial charge in [-0.15, -0.1) is 21.5 Å². The Labute approximate surface area is 348 Å². The Balaban J connectivity index is 0.919. The first-order valence-electron chi connectivity index (χ1n) is 20.0. The molecule has 3 unspecified atom stereocenters. The molecule has 5 N–H and O–H groups in total. The average Bonchev–Trinajstić information content (AvgIpc) is 3.90. The summed E-state index contributed by atoms with van der Waals surface area (Å²) in [6, 6.07) is 19.1. The van der Waals surface area contributed by atoms with Crippen LogP contribution in [0.3, 0.4) is 0 Å². The zero-order valence-electron chi connectivity index (χ0n) is 34.2. The number of aryl methyl sites for hydroxylation is 1. The van der Waals surface area contributed by atoms with Crippen LogP contribution in [0.2, 0.25) is 0 Å². The molecule has 2 aliphatic rings. The number of nitrogens with two attached hydrogens (primary N) is 1. The minimum atomic E-state index is -0.799. The number of para-hydroxylation sites is 1. The lowest BCUT2D eigenvalue weighted by atomic mass is 9.85. The highest BCUT2D eigenvalue weighted by Crippen LogP contribution is 2.33. The summed E-state index contributed by atoms with van der Waals surface area (Å²) < 4.78 is 0. The van der Waals surface area contributed by atoms with Gasteiger partial charge in [0, 0.05) is 55.6 Å². The molecule has 3 atom stereocenters. The number of nitrogens with zero attached hydrogens (tertiary/aromatic N) is 7. The average molecular weight is 817 g/mol. The Bertz CT molecular complexity index is 2280. The molecule has 2 aliphatic heterocycles. The van der Waals surface area contributed by atoms with Gasteiger partial charge in [-0.25, -0.2) is 9.97 Å². The first kappa shape index (κ1) is 41.2. The van der Waals surface area contributed by atoms with E-state index in [1.807, 2.05) is 82.6 Å². The van der Waals surface area contributed by atoms with Crippen LogP contribution in [0.5, 0.6) is 5.75 Å². The number of phenols is 1. The molecule has 7 rings (SSSR count). The van der Waals surface area contributed by atoms with Crippen LogP contribution >= 0.6 is 11.3 Å². The van der Waals surface area contributed by atoms with Crippen molar-refractivity contribution < 1.29 is 19.5 Å². The summed E-state index contributed by atoms with van der Waals surface area (Å²) in [6.45, 7) is 12.9. The quantitative estimate of drug-likeness (QED) is 0.133. The second-order valence-electron chi connectivity index (χ2n) is 16.4. The van der Waals surface area contributed by atoms with Crippen molar-refractivity contribution in [2.24, 2.45) is 5.41 Å². The van der Waals surface area contributed by atoms with E-state index in [9.17, 15) is 19.5 Å². The SMILES string of the molecule is Cc1ncsc1-c1ccc(C(C)NC(=O)C2CCCN2C(=O)C(NC(=O)CN2CCN(c3ccc(-c4cc(-c5ccccc5O)nnc4N)cn3)CC2)C(C)(C)C)cc1. The summed E-state index contributed by atoms with van der Waals surface area (Å²) in [5.41, 5.74) is 13.0. The van der Waals surface area contributed by atoms with Crippen LogP contribution in [0.4, 0.5) is 11.6 Å². The second-order valence-corrected chi connectivity index (χ2v) is 17.2. The van der Waals surface area contributed by atoms with Gasteiger partial charge < -0.3 is 31.3 Å². The van der Waals surface area contributed by atoms with E-state index in [1.54, 1.807) is 46.7 Å². The summed E-state index contributed by atoms with van der Waals surface area (Å²) >= 11 is 1.60. The number of rotatable bonds is 11. The molecular formula is C44H52N10O4S. The maximum absolute atomic E-state index is 14.2. The summed E-state index contributed by atoms with van der Waals surface area (Å²) in [5, 5.41) is 24.8. The molecule has 0 saturated carbocycles. The Morgan fingerprint density at radius 3 is 2.31 bits per heavy atom. The molecule has 0 radical (unpaired) electrons. The van der Waals surface area contributed by atoms with Crippen LogP contribution in [0.15, 0.2) is 78.4 Å². The van der Waals surface area contributed by atoms with Gasteiger partial charge in [0.2, 0.25) is 17.7 Å². The van der Waals surface area contributed by atoms with Crippen molar-refractivity contribution in [3.05, 3.63) is 89.7 Å². The van der Waals surface area contributed by atoms with E-state index >= 15 is 0 Å². The molecule has 0 aliphatic carbocycles. The predicted octanol–water partition coefficient (Wildman–Crippen LogP) is 5.45. The van der Waals surface area contributed by atoms with Gasteiger partial charge in [0.05, 0.1) is 34.4 Å². The number of benzene rings is 2. The molecule has 5 heterocycles. The normalized spacial score (nSPS) is 17.1. The number of thiazole rings is 1. The van der Waals surface area contributed by atoms with E-state index in [-0.39, 0.29) is 41.9 Å². The molecule has 0 spiro atoms. The topological polar surface area (TPSA) is 183 Å². The number of amides is 3. The third kappa shape index (κ3) is 9.36. The number of carbonyl (C=O) groups is 3. The van der Waals surface area contributed by atoms with Crippen LogP contribution in [0.25, 0.3) is 32.8 Å². The molecule has 59 heavy (non-hydrogen) atoms. The fraction of sp³-hybridized carbons (Fsp3) is 0.386. The van der Waals surface area contributed by atoms with E-state index in [0.717, 1.165) is 33.1 Å². The summed E-state index contributed by atoms with van der Waals surface area (Å²) in [6.07, 6.45) is 3.03. The van der Waals surface area contributed by atoms with E-state index in [4.69, 9.17) is 10.7 Å². The van der Waals surface area contributed by atoms with Gasteiger partial charge in [-0.05, 0) is 73.6 Å². The van der Waals surface area contributed by atoms with E-state index in [1.165, 1.54) is 0 Å². The number of carbonyl (C=O) groups excluding carboxylic acids is 3. The summed E-state index contributed by atoms with van der Waals surface area (Å²) in [7, 11) is 0. The van der Waals surface area contributed by atoms with Crippen LogP contribution < -0.4 is 21.3 Å². The number of likely N-dealkylation sites (tertiary alicyclic amines) is 1. The second kappa shape index (κ2) is 17.5. The number of hydrogen-bond acceptors (Lipinski definition) is 12. The molecule has 308 valence electrons. The van der Waals surface area contributed by atoms with Crippen molar-refractivity contribution in [1.29, 1.82) is 0 Å². The summed E-state index contributed by atoms with van der Waals surface area (Å²) in [4.78, 5) is 57.5. The third-order valence-electron chi connectivity index (χ3n) is 11.2. The van der Waals surface area contributed by atoms with Crippen LogP contribution in [-0.4, -0.2) is 104 Å². The number of piperazine rings is 1. The van der Waals surface area contributed by atoms with Crippen LogP contribution in [0.1, 0.15) is 57.8 Å². The number of hydrogen-bond donors (Lipinski definition) is 4. The lowest BCUT2D eigenvalue weighted by Gasteiger charge is -2.37. The molecule has 3 amide bonds. The standard InChI is InChI=1S/C44H52N10O4S/c1-27(29-12-14-30(15-13-29)39-28(2)47-26-59-39)48-42(57)35-10-8-18-54(35)43(58)40(44(3,4)5)49-38(56)25-52-19-21-53(22-20-52)37-17-16-31(24-46-37)33-23-34(50-51-41(33)45)32-9-6-7-11-36(32)55/h6-7,9,11-17,23-24,26-27,35,40,55H,8,10,18-22,25H2,1-5H3,(H2,45,51)(H,48,57)(H,49,56). The lowest BCUT2D eigenvalue weighted by Crippen LogP contribution is -2.59. The first-order valence-corrected chi connectivity index (χ1v) is 20.9. The van der Waals surface area contributed by atoms with Crippen LogP contribution in [0, 0.1) is 12.3 Å². The Kier molecular flexibility index (Phi) is 12.2. The minimum absolute atomic E-state index is 0.106. The smallest absolute Gasteiger partial charge is 0.246 e. The van der Waals surface area contributed by atoms with Crippen LogP contribution in [-0.2, 0) is 14.4 Å². The van der Waals surface area contributed by atoms with Crippen molar-refractivity contribution in [2.75, 3.05) is 49.9 Å². The van der Waals surface area contributed by atoms with Crippen molar-refractivity contribution in [2.45, 2.75) is 65.6 Å². The Hall–Kier alpha value is -5.93. The molecule has 2 saturated heterocycles. The highest BCUT2D eigenvalue weighted by molar-refractivity contribution is 7.13. The molecule has 2 aromatic carbocycles. The number of aromatic hydroxyl groups is 1. The summed E-state index contributed by atoms with van der Waals surface area (Å²) in [5.74, 6) is 0.511. The zero-order chi connectivity index (χ0) is 41.8. The third-order valence-corrected chi connectivity index (χ3v) is 12.1. The monoisotopic (exact) mass is 816 g/mol. The molecule has 2 fully saturated rings. The maximum Gasteiger partial charge on any atom is 0.246 e. The molecule has 5 aromatic rings. The minimum Gasteiger partial charge on any atom is -0.507 e. The van der Waals surface area contributed by atoms with Gasteiger partial charge in [0.25, 0.3) is 0 Å². The van der Waals surface area contributed by atoms with Crippen molar-refractivity contribution in [1.82, 2.24) is 40.6 Å². The van der Waals surface area contributed by atoms with Gasteiger partial charge in [0.15, 0.2) is 5.82 Å². The zero-order valence-corrected chi connectivity index (χ0v) is 35.0. The first-order chi connectivity index (χ1) is 28.3. The lowest BCUT2D eigenvalue weighted by molar-refractivity contribution is -0.144. The number of aromatic nitrogens is 4. The van der Waals surface area contributed by atoms with E-state index in [2.05, 4.69) is 35.6 Å². The number of pyridine rings is 1. The van der Waals surface area contributed by atoms with Crippen molar-refractivity contribution in [3.8, 4) is 38.6 Å². The Morgan fingerprint density at radius 1 is 0.915 bits per heavy atom. The van der Waals surface area contributed by atoms with E-state index in [0.29, 0.717) is 62.4 Å². The molecule has 0 bridgehead atoms. The van der Waals surface area contributed by atoms with E-state index < -0.39 is 17.5 Å². The molecular weight excluding hydrogens is 765 g/mol. The molecule has 15 heteroatoms. The Morgan fingerprint density at radius 2 is 1.64 bits per heavy atom. The van der Waals surface area contributed by atoms with Gasteiger partial charge in [0.1, 0.15) is 23.7 Å². The fourth-order valence-corrected chi connectivity index (χ4v) is 8.56. The number of phenolic OH excluding ortho intramolecular Hbond substituents is 1. The molecule has 3 aromatic heterocycles.